The lowest BCUT2D eigenvalue weighted by atomic mass is 10.1. The van der Waals surface area contributed by atoms with Gasteiger partial charge < -0.3 is 9.84 Å². The third-order valence-corrected chi connectivity index (χ3v) is 2.04. The second kappa shape index (κ2) is 5.96. The molecule has 19 heavy (non-hydrogen) atoms. The smallest absolute Gasteiger partial charge is 0.419 e. The maximum absolute atomic E-state index is 12.8. The number of carboxylic acid groups (broad SMARTS) is 1. The molecule has 0 aliphatic rings. The predicted octanol–water partition coefficient (Wildman–Crippen LogP) is 2.82. The molecule has 1 aromatic carbocycles. The minimum atomic E-state index is -4.61. The van der Waals surface area contributed by atoms with Crippen LogP contribution in [-0.4, -0.2) is 17.7 Å². The first-order valence-corrected chi connectivity index (χ1v) is 5.03. The Bertz CT molecular complexity index is 539. The van der Waals surface area contributed by atoms with E-state index in [-0.39, 0.29) is 12.2 Å². The van der Waals surface area contributed by atoms with Crippen LogP contribution in [0.25, 0.3) is 6.08 Å². The number of halogens is 3. The van der Waals surface area contributed by atoms with E-state index in [1.54, 1.807) is 0 Å². The Labute approximate surface area is 107 Å². The molecular weight excluding hydrogens is 261 g/mol. The summed E-state index contributed by atoms with van der Waals surface area (Å²) in [5, 5.41) is 8.42. The largest absolute Gasteiger partial charge is 0.480 e. The van der Waals surface area contributed by atoms with Gasteiger partial charge in [-0.05, 0) is 23.8 Å². The van der Waals surface area contributed by atoms with E-state index < -0.39 is 23.5 Å². The third-order valence-electron chi connectivity index (χ3n) is 2.04. The number of rotatable bonds is 4. The Kier molecular flexibility index (Phi) is 4.59. The summed E-state index contributed by atoms with van der Waals surface area (Å²) in [5.41, 5.74) is -0.905. The van der Waals surface area contributed by atoms with Crippen LogP contribution < -0.4 is 4.74 Å². The number of aliphatic carboxylic acids is 1. The maximum atomic E-state index is 12.8. The number of benzene rings is 1. The standard InChI is InChI=1S/C13H9F3O3/c1-2-7-19-11-5-3-9(4-6-12(17)18)8-10(11)13(14,15)16/h1,3-6,8H,7H2,(H,17,18). The van der Waals surface area contributed by atoms with Crippen molar-refractivity contribution in [3.8, 4) is 18.1 Å². The Hall–Kier alpha value is -2.42. The highest BCUT2D eigenvalue weighted by atomic mass is 19.4. The summed E-state index contributed by atoms with van der Waals surface area (Å²) >= 11 is 0. The number of hydrogen-bond acceptors (Lipinski definition) is 2. The molecular formula is C13H9F3O3. The lowest BCUT2D eigenvalue weighted by Crippen LogP contribution is -2.09. The van der Waals surface area contributed by atoms with Gasteiger partial charge in [0.15, 0.2) is 0 Å². The van der Waals surface area contributed by atoms with Crippen LogP contribution in [0.1, 0.15) is 11.1 Å². The summed E-state index contributed by atoms with van der Waals surface area (Å²) in [5.74, 6) is 0.429. The first-order chi connectivity index (χ1) is 8.84. The molecule has 0 spiro atoms. The highest BCUT2D eigenvalue weighted by Crippen LogP contribution is 2.37. The number of alkyl halides is 3. The van der Waals surface area contributed by atoms with Crippen molar-refractivity contribution in [2.75, 3.05) is 6.61 Å². The summed E-state index contributed by atoms with van der Waals surface area (Å²) in [6.07, 6.45) is 2.11. The Morgan fingerprint density at radius 1 is 1.47 bits per heavy atom. The molecule has 0 unspecified atom stereocenters. The van der Waals surface area contributed by atoms with E-state index in [0.29, 0.717) is 0 Å². The van der Waals surface area contributed by atoms with Crippen molar-refractivity contribution in [2.45, 2.75) is 6.18 Å². The molecule has 0 aliphatic heterocycles. The fourth-order valence-corrected chi connectivity index (χ4v) is 1.29. The quantitative estimate of drug-likeness (QED) is 0.676. The number of carboxylic acids is 1. The van der Waals surface area contributed by atoms with E-state index in [2.05, 4.69) is 5.92 Å². The van der Waals surface area contributed by atoms with Crippen LogP contribution in [0.4, 0.5) is 13.2 Å². The molecule has 0 aliphatic carbocycles. The molecule has 0 saturated heterocycles. The van der Waals surface area contributed by atoms with Crippen molar-refractivity contribution in [3.05, 3.63) is 35.4 Å². The van der Waals surface area contributed by atoms with Gasteiger partial charge in [-0.25, -0.2) is 4.79 Å². The van der Waals surface area contributed by atoms with Crippen LogP contribution in [0.5, 0.6) is 5.75 Å². The SMILES string of the molecule is C#CCOc1ccc(C=CC(=O)O)cc1C(F)(F)F. The number of ether oxygens (including phenoxy) is 1. The summed E-state index contributed by atoms with van der Waals surface area (Å²) in [7, 11) is 0. The molecule has 1 aromatic rings. The molecule has 3 nitrogen and oxygen atoms in total. The van der Waals surface area contributed by atoms with Gasteiger partial charge in [-0.1, -0.05) is 12.0 Å². The van der Waals surface area contributed by atoms with E-state index in [4.69, 9.17) is 16.3 Å². The van der Waals surface area contributed by atoms with Gasteiger partial charge >= 0.3 is 12.1 Å². The van der Waals surface area contributed by atoms with E-state index in [1.807, 2.05) is 0 Å². The summed E-state index contributed by atoms with van der Waals surface area (Å²) in [4.78, 5) is 10.3. The minimum Gasteiger partial charge on any atom is -0.480 e. The van der Waals surface area contributed by atoms with Crippen LogP contribution in [0, 0.1) is 12.3 Å². The van der Waals surface area contributed by atoms with Gasteiger partial charge in [0.2, 0.25) is 0 Å². The van der Waals surface area contributed by atoms with Gasteiger partial charge in [0.1, 0.15) is 12.4 Å². The van der Waals surface area contributed by atoms with Crippen molar-refractivity contribution in [1.29, 1.82) is 0 Å². The number of hydrogen-bond donors (Lipinski definition) is 1. The number of carbonyl (C=O) groups is 1. The van der Waals surface area contributed by atoms with Gasteiger partial charge in [0, 0.05) is 6.08 Å². The monoisotopic (exact) mass is 270 g/mol. The zero-order chi connectivity index (χ0) is 14.5. The third kappa shape index (κ3) is 4.39. The molecule has 0 aromatic heterocycles. The van der Waals surface area contributed by atoms with Crippen molar-refractivity contribution in [3.63, 3.8) is 0 Å². The second-order valence-corrected chi connectivity index (χ2v) is 3.42. The Morgan fingerprint density at radius 3 is 2.68 bits per heavy atom. The predicted molar refractivity (Wildman–Crippen MR) is 62.4 cm³/mol. The highest BCUT2D eigenvalue weighted by molar-refractivity contribution is 5.85. The van der Waals surface area contributed by atoms with Crippen LogP contribution >= 0.6 is 0 Å². The van der Waals surface area contributed by atoms with Gasteiger partial charge in [-0.15, -0.1) is 6.42 Å². The van der Waals surface area contributed by atoms with Crippen molar-refractivity contribution in [2.24, 2.45) is 0 Å². The number of terminal acetylenes is 1. The fourth-order valence-electron chi connectivity index (χ4n) is 1.29. The van der Waals surface area contributed by atoms with Crippen molar-refractivity contribution in [1.82, 2.24) is 0 Å². The molecule has 0 radical (unpaired) electrons. The van der Waals surface area contributed by atoms with Gasteiger partial charge in [-0.3, -0.25) is 0 Å². The average Bonchev–Trinajstić information content (AvgIpc) is 2.33. The van der Waals surface area contributed by atoms with E-state index in [9.17, 15) is 18.0 Å². The first-order valence-electron chi connectivity index (χ1n) is 5.03. The van der Waals surface area contributed by atoms with Crippen LogP contribution in [0.15, 0.2) is 24.3 Å². The first kappa shape index (κ1) is 14.6. The molecule has 1 N–H and O–H groups in total. The lowest BCUT2D eigenvalue weighted by Gasteiger charge is -2.13. The molecule has 0 saturated carbocycles. The van der Waals surface area contributed by atoms with Gasteiger partial charge in [0.25, 0.3) is 0 Å². The molecule has 0 bridgehead atoms. The zero-order valence-corrected chi connectivity index (χ0v) is 9.57. The molecule has 1 rings (SSSR count). The molecule has 6 heteroatoms. The summed E-state index contributed by atoms with van der Waals surface area (Å²) in [6.45, 7) is -0.284. The lowest BCUT2D eigenvalue weighted by molar-refractivity contribution is -0.139. The maximum Gasteiger partial charge on any atom is 0.419 e. The van der Waals surface area contributed by atoms with Gasteiger partial charge in [0.05, 0.1) is 5.56 Å². The van der Waals surface area contributed by atoms with E-state index in [0.717, 1.165) is 24.3 Å². The van der Waals surface area contributed by atoms with Crippen LogP contribution in [0.2, 0.25) is 0 Å². The zero-order valence-electron chi connectivity index (χ0n) is 9.57. The fraction of sp³-hybridized carbons (Fsp3) is 0.154. The second-order valence-electron chi connectivity index (χ2n) is 3.42. The molecule has 0 heterocycles. The molecule has 0 fully saturated rings. The Balaban J connectivity index is 3.16. The van der Waals surface area contributed by atoms with E-state index >= 15 is 0 Å². The minimum absolute atomic E-state index is 0.0998. The highest BCUT2D eigenvalue weighted by Gasteiger charge is 2.34. The van der Waals surface area contributed by atoms with Crippen molar-refractivity contribution < 1.29 is 27.8 Å². The normalized spacial score (nSPS) is 11.3. The molecule has 100 valence electrons. The van der Waals surface area contributed by atoms with E-state index in [1.165, 1.54) is 6.07 Å². The van der Waals surface area contributed by atoms with Gasteiger partial charge in [-0.2, -0.15) is 13.2 Å². The topological polar surface area (TPSA) is 46.5 Å². The summed E-state index contributed by atoms with van der Waals surface area (Å²) in [6, 6.07) is 3.20. The average molecular weight is 270 g/mol. The summed E-state index contributed by atoms with van der Waals surface area (Å²) < 4.78 is 43.1. The van der Waals surface area contributed by atoms with Crippen LogP contribution in [-0.2, 0) is 11.0 Å². The molecule has 0 atom stereocenters. The van der Waals surface area contributed by atoms with Crippen molar-refractivity contribution >= 4 is 12.0 Å². The molecule has 0 amide bonds. The Morgan fingerprint density at radius 2 is 2.16 bits per heavy atom. The van der Waals surface area contributed by atoms with Crippen LogP contribution in [0.3, 0.4) is 0 Å².